The largest absolute Gasteiger partial charge is 0.423 e. The topological polar surface area (TPSA) is 88.0 Å². The van der Waals surface area contributed by atoms with Gasteiger partial charge in [0.15, 0.2) is 6.10 Å². The molecule has 32 heavy (non-hydrogen) atoms. The van der Waals surface area contributed by atoms with E-state index in [0.29, 0.717) is 22.4 Å². The van der Waals surface area contributed by atoms with Gasteiger partial charge in [-0.1, -0.05) is 66.7 Å². The highest BCUT2D eigenvalue weighted by molar-refractivity contribution is 6.05. The van der Waals surface area contributed by atoms with Crippen molar-refractivity contribution < 1.29 is 19.4 Å². The van der Waals surface area contributed by atoms with Gasteiger partial charge in [-0.25, -0.2) is 10.2 Å². The maximum atomic E-state index is 12.6. The quantitative estimate of drug-likeness (QED) is 0.210. The monoisotopic (exact) mass is 424 g/mol. The molecule has 0 spiro atoms. The number of carbonyl (C=O) groups is 2. The van der Waals surface area contributed by atoms with Gasteiger partial charge in [0.25, 0.3) is 5.91 Å². The molecule has 1 atom stereocenters. The first-order valence-electron chi connectivity index (χ1n) is 9.98. The van der Waals surface area contributed by atoms with Crippen molar-refractivity contribution in [1.29, 1.82) is 0 Å². The van der Waals surface area contributed by atoms with Crippen molar-refractivity contribution in [2.75, 3.05) is 0 Å². The standard InChI is InChI=1S/C26H20N2O4/c29-24(20-8-2-1-3-9-20)25(30)28-27-17-18-13-15-21(16-14-18)32-26(31)23-12-6-10-19-7-4-5-11-22(19)23/h1-17,24,29H,(H,28,30)/b27-17-/t24-/m0/s1. The van der Waals surface area contributed by atoms with Crippen molar-refractivity contribution in [2.45, 2.75) is 6.10 Å². The van der Waals surface area contributed by atoms with Gasteiger partial charge in [0.1, 0.15) is 5.75 Å². The molecule has 4 aromatic carbocycles. The van der Waals surface area contributed by atoms with E-state index in [4.69, 9.17) is 4.74 Å². The van der Waals surface area contributed by atoms with Crippen LogP contribution in [0.2, 0.25) is 0 Å². The van der Waals surface area contributed by atoms with E-state index >= 15 is 0 Å². The first-order valence-corrected chi connectivity index (χ1v) is 9.98. The molecule has 2 N–H and O–H groups in total. The summed E-state index contributed by atoms with van der Waals surface area (Å²) in [6.45, 7) is 0. The van der Waals surface area contributed by atoms with Gasteiger partial charge in [-0.15, -0.1) is 0 Å². The molecule has 4 aromatic rings. The number of fused-ring (bicyclic) bond motifs is 1. The van der Waals surface area contributed by atoms with Crippen molar-refractivity contribution in [3.05, 3.63) is 114 Å². The number of aliphatic hydroxyl groups excluding tert-OH is 1. The lowest BCUT2D eigenvalue weighted by atomic mass is 10.0. The average Bonchev–Trinajstić information content (AvgIpc) is 2.84. The summed E-state index contributed by atoms with van der Waals surface area (Å²) >= 11 is 0. The second-order valence-electron chi connectivity index (χ2n) is 7.03. The molecule has 4 rings (SSSR count). The SMILES string of the molecule is O=C(Oc1ccc(/C=N\NC(=O)[C@@H](O)c2ccccc2)cc1)c1cccc2ccccc12. The van der Waals surface area contributed by atoms with E-state index in [0.717, 1.165) is 10.8 Å². The Bertz CT molecular complexity index is 1260. The van der Waals surface area contributed by atoms with Gasteiger partial charge in [-0.2, -0.15) is 5.10 Å². The second kappa shape index (κ2) is 9.68. The van der Waals surface area contributed by atoms with E-state index in [1.807, 2.05) is 36.4 Å². The van der Waals surface area contributed by atoms with Crippen LogP contribution in [0, 0.1) is 0 Å². The molecule has 1 amide bonds. The molecule has 0 radical (unpaired) electrons. The van der Waals surface area contributed by atoms with E-state index in [-0.39, 0.29) is 0 Å². The van der Waals surface area contributed by atoms with Gasteiger partial charge in [0.2, 0.25) is 0 Å². The molecule has 158 valence electrons. The highest BCUT2D eigenvalue weighted by Gasteiger charge is 2.16. The van der Waals surface area contributed by atoms with Crippen molar-refractivity contribution in [1.82, 2.24) is 5.43 Å². The number of hydrogen-bond acceptors (Lipinski definition) is 5. The van der Waals surface area contributed by atoms with Crippen LogP contribution in [-0.2, 0) is 4.79 Å². The Morgan fingerprint density at radius 3 is 2.31 bits per heavy atom. The molecule has 0 heterocycles. The van der Waals surface area contributed by atoms with E-state index < -0.39 is 18.0 Å². The summed E-state index contributed by atoms with van der Waals surface area (Å²) in [6, 6.07) is 28.4. The van der Waals surface area contributed by atoms with Gasteiger partial charge >= 0.3 is 5.97 Å². The van der Waals surface area contributed by atoms with Gasteiger partial charge in [0.05, 0.1) is 11.8 Å². The molecular formula is C26H20N2O4. The lowest BCUT2D eigenvalue weighted by Gasteiger charge is -2.08. The number of hydrogen-bond donors (Lipinski definition) is 2. The van der Waals surface area contributed by atoms with Crippen LogP contribution in [0.3, 0.4) is 0 Å². The third-order valence-electron chi connectivity index (χ3n) is 4.85. The molecule has 0 unspecified atom stereocenters. The summed E-state index contributed by atoms with van der Waals surface area (Å²) in [7, 11) is 0. The smallest absolute Gasteiger partial charge is 0.344 e. The zero-order valence-corrected chi connectivity index (χ0v) is 17.0. The third-order valence-corrected chi connectivity index (χ3v) is 4.85. The summed E-state index contributed by atoms with van der Waals surface area (Å²) < 4.78 is 5.50. The zero-order valence-electron chi connectivity index (χ0n) is 17.0. The maximum Gasteiger partial charge on any atom is 0.344 e. The van der Waals surface area contributed by atoms with Crippen LogP contribution >= 0.6 is 0 Å². The fourth-order valence-electron chi connectivity index (χ4n) is 3.21. The molecule has 6 nitrogen and oxygen atoms in total. The fourth-order valence-corrected chi connectivity index (χ4v) is 3.21. The predicted molar refractivity (Wildman–Crippen MR) is 122 cm³/mol. The Kier molecular flexibility index (Phi) is 6.34. The highest BCUT2D eigenvalue weighted by Crippen LogP contribution is 2.21. The molecule has 0 bridgehead atoms. The molecular weight excluding hydrogens is 404 g/mol. The molecule has 0 aromatic heterocycles. The van der Waals surface area contributed by atoms with E-state index in [1.165, 1.54) is 6.21 Å². The summed E-state index contributed by atoms with van der Waals surface area (Å²) in [5.74, 6) is -0.679. The average molecular weight is 424 g/mol. The predicted octanol–water partition coefficient (Wildman–Crippen LogP) is 4.24. The summed E-state index contributed by atoms with van der Waals surface area (Å²) in [6.07, 6.45) is 0.135. The second-order valence-corrected chi connectivity index (χ2v) is 7.03. The molecule has 0 fully saturated rings. The molecule has 0 saturated heterocycles. The molecule has 0 saturated carbocycles. The van der Waals surface area contributed by atoms with E-state index in [9.17, 15) is 14.7 Å². The van der Waals surface area contributed by atoms with Crippen LogP contribution in [-0.4, -0.2) is 23.2 Å². The normalized spacial score (nSPS) is 11.9. The van der Waals surface area contributed by atoms with E-state index in [2.05, 4.69) is 10.5 Å². The number of amides is 1. The number of hydrazone groups is 1. The first-order chi connectivity index (χ1) is 15.6. The minimum atomic E-state index is -1.30. The number of aliphatic hydroxyl groups is 1. The number of rotatable bonds is 6. The summed E-state index contributed by atoms with van der Waals surface area (Å²) in [5, 5.41) is 15.7. The summed E-state index contributed by atoms with van der Waals surface area (Å²) in [5.41, 5.74) is 3.97. The molecule has 6 heteroatoms. The lowest BCUT2D eigenvalue weighted by molar-refractivity contribution is -0.129. The number of nitrogens with one attached hydrogen (secondary N) is 1. The Labute approximate surface area is 184 Å². The van der Waals surface area contributed by atoms with Crippen molar-refractivity contribution in [3.8, 4) is 5.75 Å². The van der Waals surface area contributed by atoms with Crippen LogP contribution < -0.4 is 10.2 Å². The Hall–Kier alpha value is -4.29. The maximum absolute atomic E-state index is 12.6. The van der Waals surface area contributed by atoms with Crippen LogP contribution in [0.15, 0.2) is 102 Å². The molecule has 0 aliphatic heterocycles. The van der Waals surface area contributed by atoms with Gasteiger partial charge < -0.3 is 9.84 Å². The Morgan fingerprint density at radius 1 is 0.844 bits per heavy atom. The third kappa shape index (κ3) is 4.88. The van der Waals surface area contributed by atoms with Crippen molar-refractivity contribution >= 4 is 28.9 Å². The van der Waals surface area contributed by atoms with Crippen LogP contribution in [0.1, 0.15) is 27.6 Å². The number of esters is 1. The van der Waals surface area contributed by atoms with Crippen molar-refractivity contribution in [3.63, 3.8) is 0 Å². The van der Waals surface area contributed by atoms with E-state index in [1.54, 1.807) is 60.7 Å². The first kappa shape index (κ1) is 21.0. The molecule has 0 aliphatic carbocycles. The lowest BCUT2D eigenvalue weighted by Crippen LogP contribution is -2.25. The highest BCUT2D eigenvalue weighted by atomic mass is 16.5. The van der Waals surface area contributed by atoms with Crippen molar-refractivity contribution in [2.24, 2.45) is 5.10 Å². The summed E-state index contributed by atoms with van der Waals surface area (Å²) in [4.78, 5) is 24.6. The van der Waals surface area contributed by atoms with Crippen LogP contribution in [0.5, 0.6) is 5.75 Å². The number of ether oxygens (including phenoxy) is 1. The minimum absolute atomic E-state index is 0.392. The van der Waals surface area contributed by atoms with Crippen LogP contribution in [0.4, 0.5) is 0 Å². The number of nitrogens with zero attached hydrogens (tertiary/aromatic N) is 1. The Balaban J connectivity index is 1.37. The number of benzene rings is 4. The number of carbonyl (C=O) groups excluding carboxylic acids is 2. The Morgan fingerprint density at radius 2 is 1.53 bits per heavy atom. The fraction of sp³-hybridized carbons (Fsp3) is 0.0385. The zero-order chi connectivity index (χ0) is 22.3. The van der Waals surface area contributed by atoms with Gasteiger partial charge in [0, 0.05) is 0 Å². The molecule has 0 aliphatic rings. The minimum Gasteiger partial charge on any atom is -0.423 e. The van der Waals surface area contributed by atoms with Gasteiger partial charge in [-0.05, 0) is 52.2 Å². The van der Waals surface area contributed by atoms with Gasteiger partial charge in [-0.3, -0.25) is 4.79 Å². The van der Waals surface area contributed by atoms with Crippen LogP contribution in [0.25, 0.3) is 10.8 Å².